The lowest BCUT2D eigenvalue weighted by molar-refractivity contribution is -0.132. The number of hydrogen-bond acceptors (Lipinski definition) is 4. The summed E-state index contributed by atoms with van der Waals surface area (Å²) < 4.78 is 61.0. The summed E-state index contributed by atoms with van der Waals surface area (Å²) in [5.41, 5.74) is 3.86. The molecule has 2 unspecified atom stereocenters. The summed E-state index contributed by atoms with van der Waals surface area (Å²) in [4.78, 5) is 30.3. The number of rotatable bonds is 10. The lowest BCUT2D eigenvalue weighted by Crippen LogP contribution is -2.61. The van der Waals surface area contributed by atoms with Crippen molar-refractivity contribution in [2.75, 3.05) is 19.7 Å². The second-order valence-corrected chi connectivity index (χ2v) is 12.0. The van der Waals surface area contributed by atoms with Crippen LogP contribution in [0.25, 0.3) is 5.57 Å². The molecule has 0 spiro atoms. The van der Waals surface area contributed by atoms with E-state index in [1.807, 2.05) is 24.3 Å². The minimum absolute atomic E-state index is 0.00351. The summed E-state index contributed by atoms with van der Waals surface area (Å²) in [5.74, 6) is -4.71. The van der Waals surface area contributed by atoms with E-state index in [1.54, 1.807) is 28.0 Å². The first-order valence-corrected chi connectivity index (χ1v) is 15.3. The maximum atomic E-state index is 14.6. The van der Waals surface area contributed by atoms with Crippen molar-refractivity contribution >= 4 is 17.4 Å². The number of halogens is 4. The van der Waals surface area contributed by atoms with Crippen LogP contribution in [-0.2, 0) is 22.6 Å². The Kier molecular flexibility index (Phi) is 8.94. The van der Waals surface area contributed by atoms with Crippen LogP contribution in [0.5, 0.6) is 5.75 Å². The second-order valence-electron chi connectivity index (χ2n) is 12.0. The molecule has 0 aromatic heterocycles. The molecule has 3 aliphatic rings. The molecule has 3 aromatic rings. The zero-order valence-corrected chi connectivity index (χ0v) is 25.0. The molecular weight excluding hydrogens is 586 g/mol. The van der Waals surface area contributed by atoms with E-state index in [4.69, 9.17) is 4.74 Å². The average Bonchev–Trinajstić information content (AvgIpc) is 3.87. The van der Waals surface area contributed by atoms with Crippen molar-refractivity contribution < 1.29 is 31.9 Å². The minimum Gasteiger partial charge on any atom is -0.488 e. The molecule has 6 rings (SSSR count). The fourth-order valence-electron chi connectivity index (χ4n) is 6.31. The number of carbonyl (C=O) groups is 2. The van der Waals surface area contributed by atoms with Crippen LogP contribution in [0, 0.1) is 23.3 Å². The van der Waals surface area contributed by atoms with Crippen LogP contribution in [-0.4, -0.2) is 59.4 Å². The normalized spacial score (nSPS) is 19.4. The van der Waals surface area contributed by atoms with Crippen LogP contribution in [0.3, 0.4) is 0 Å². The summed E-state index contributed by atoms with van der Waals surface area (Å²) in [6, 6.07) is 15.6. The highest BCUT2D eigenvalue weighted by Gasteiger charge is 2.43. The molecule has 2 aliphatic heterocycles. The zero-order chi connectivity index (χ0) is 31.7. The van der Waals surface area contributed by atoms with Crippen LogP contribution in [0.2, 0.25) is 0 Å². The van der Waals surface area contributed by atoms with Gasteiger partial charge < -0.3 is 19.9 Å². The van der Waals surface area contributed by atoms with E-state index >= 15 is 0 Å². The predicted molar refractivity (Wildman–Crippen MR) is 161 cm³/mol. The number of nitrogens with zero attached hydrogens (tertiary/aromatic N) is 2. The molecule has 10 heteroatoms. The highest BCUT2D eigenvalue weighted by molar-refractivity contribution is 6.03. The van der Waals surface area contributed by atoms with Crippen molar-refractivity contribution in [3.05, 3.63) is 106 Å². The Bertz CT molecular complexity index is 1620. The summed E-state index contributed by atoms with van der Waals surface area (Å²) in [7, 11) is 0. The standard InChI is InChI=1S/C35H35F4N3O3/c1-21(43)41-19-25-17-27(23-10-8-22(9-11-23)5-4-16-45-34-30(38)15-14-29(37)33(34)39)32(31(20-41)40-25)35(44)42(26-12-13-26)18-24-6-2-3-7-28(24)36/h2-3,6-11,14-15,25-26,31,40H,4-5,12-13,16-20H2,1H3. The number of benzene rings is 3. The van der Waals surface area contributed by atoms with E-state index in [1.165, 1.54) is 13.0 Å². The molecule has 236 valence electrons. The lowest BCUT2D eigenvalue weighted by Gasteiger charge is -2.44. The summed E-state index contributed by atoms with van der Waals surface area (Å²) in [6.07, 6.45) is 3.28. The lowest BCUT2D eigenvalue weighted by atomic mass is 9.82. The fraction of sp³-hybridized carbons (Fsp3) is 0.371. The maximum Gasteiger partial charge on any atom is 0.252 e. The van der Waals surface area contributed by atoms with Gasteiger partial charge in [0.1, 0.15) is 5.82 Å². The molecule has 1 aliphatic carbocycles. The average molecular weight is 622 g/mol. The molecule has 45 heavy (non-hydrogen) atoms. The van der Waals surface area contributed by atoms with Gasteiger partial charge in [-0.2, -0.15) is 4.39 Å². The Balaban J connectivity index is 1.23. The Hall–Kier alpha value is -4.18. The molecule has 3 aromatic carbocycles. The first-order chi connectivity index (χ1) is 21.7. The minimum atomic E-state index is -1.34. The van der Waals surface area contributed by atoms with Crippen molar-refractivity contribution in [3.8, 4) is 5.75 Å². The molecule has 1 saturated carbocycles. The summed E-state index contributed by atoms with van der Waals surface area (Å²) in [5, 5.41) is 3.56. The number of amides is 2. The number of nitrogens with one attached hydrogen (secondary N) is 1. The van der Waals surface area contributed by atoms with Gasteiger partial charge in [-0.05, 0) is 67.0 Å². The fourth-order valence-corrected chi connectivity index (χ4v) is 6.31. The number of fused-ring (bicyclic) bond motifs is 2. The van der Waals surface area contributed by atoms with Gasteiger partial charge in [0.05, 0.1) is 12.6 Å². The van der Waals surface area contributed by atoms with E-state index in [0.717, 1.165) is 41.7 Å². The van der Waals surface area contributed by atoms with Gasteiger partial charge in [-0.15, -0.1) is 0 Å². The van der Waals surface area contributed by atoms with Crippen molar-refractivity contribution in [1.29, 1.82) is 0 Å². The SMILES string of the molecule is CC(=O)N1CC2CC(c3ccc(CCCOc4c(F)ccc(F)c4F)cc3)=C(C(=O)N(Cc3ccccc3F)C3CC3)C(C1)N2. The van der Waals surface area contributed by atoms with Gasteiger partial charge >= 0.3 is 0 Å². The van der Waals surface area contributed by atoms with Crippen molar-refractivity contribution in [2.24, 2.45) is 0 Å². The van der Waals surface area contributed by atoms with Crippen LogP contribution in [0.1, 0.15) is 49.3 Å². The topological polar surface area (TPSA) is 61.9 Å². The number of aryl methyl sites for hydroxylation is 1. The highest BCUT2D eigenvalue weighted by atomic mass is 19.2. The Morgan fingerprint density at radius 2 is 1.67 bits per heavy atom. The van der Waals surface area contributed by atoms with Gasteiger partial charge in [0.25, 0.3) is 5.91 Å². The second kappa shape index (κ2) is 13.0. The first kappa shape index (κ1) is 30.8. The molecule has 6 nitrogen and oxygen atoms in total. The number of ether oxygens (including phenoxy) is 1. The third-order valence-corrected chi connectivity index (χ3v) is 8.79. The van der Waals surface area contributed by atoms with Gasteiger partial charge in [0, 0.05) is 49.8 Å². The molecule has 1 saturated heterocycles. The van der Waals surface area contributed by atoms with Gasteiger partial charge in [-0.3, -0.25) is 9.59 Å². The quantitative estimate of drug-likeness (QED) is 0.177. The molecule has 2 amide bonds. The zero-order valence-electron chi connectivity index (χ0n) is 25.0. The smallest absolute Gasteiger partial charge is 0.252 e. The van der Waals surface area contributed by atoms with Crippen LogP contribution >= 0.6 is 0 Å². The number of hydrogen-bond donors (Lipinski definition) is 1. The first-order valence-electron chi connectivity index (χ1n) is 15.3. The van der Waals surface area contributed by atoms with E-state index in [-0.39, 0.29) is 48.9 Å². The molecule has 2 bridgehead atoms. The molecular formula is C35H35F4N3O3. The molecule has 2 heterocycles. The van der Waals surface area contributed by atoms with E-state index < -0.39 is 23.2 Å². The molecule has 1 N–H and O–H groups in total. The Morgan fingerprint density at radius 1 is 0.933 bits per heavy atom. The Labute approximate surface area is 259 Å². The van der Waals surface area contributed by atoms with Gasteiger partial charge in [-0.1, -0.05) is 42.5 Å². The number of carbonyl (C=O) groups excluding carboxylic acids is 2. The molecule has 0 radical (unpaired) electrons. The predicted octanol–water partition coefficient (Wildman–Crippen LogP) is 5.79. The van der Waals surface area contributed by atoms with E-state index in [9.17, 15) is 27.2 Å². The molecule has 2 atom stereocenters. The van der Waals surface area contributed by atoms with Gasteiger partial charge in [0.2, 0.25) is 11.7 Å². The van der Waals surface area contributed by atoms with Crippen molar-refractivity contribution in [1.82, 2.24) is 15.1 Å². The van der Waals surface area contributed by atoms with E-state index in [2.05, 4.69) is 5.32 Å². The maximum absolute atomic E-state index is 14.6. The van der Waals surface area contributed by atoms with Gasteiger partial charge in [0.15, 0.2) is 17.4 Å². The van der Waals surface area contributed by atoms with Crippen molar-refractivity contribution in [2.45, 2.75) is 63.7 Å². The van der Waals surface area contributed by atoms with Crippen LogP contribution in [0.4, 0.5) is 17.6 Å². The highest BCUT2D eigenvalue weighted by Crippen LogP contribution is 2.37. The van der Waals surface area contributed by atoms with Crippen molar-refractivity contribution in [3.63, 3.8) is 0 Å². The monoisotopic (exact) mass is 621 g/mol. The van der Waals surface area contributed by atoms with Crippen LogP contribution < -0.4 is 10.1 Å². The third kappa shape index (κ3) is 6.76. The van der Waals surface area contributed by atoms with E-state index in [0.29, 0.717) is 43.5 Å². The van der Waals surface area contributed by atoms with Gasteiger partial charge in [-0.25, -0.2) is 13.2 Å². The Morgan fingerprint density at radius 3 is 2.38 bits per heavy atom. The van der Waals surface area contributed by atoms with Crippen LogP contribution in [0.15, 0.2) is 66.2 Å². The summed E-state index contributed by atoms with van der Waals surface area (Å²) >= 11 is 0. The number of piperazine rings is 1. The summed E-state index contributed by atoms with van der Waals surface area (Å²) in [6.45, 7) is 2.63. The molecule has 2 fully saturated rings. The largest absolute Gasteiger partial charge is 0.488 e. The third-order valence-electron chi connectivity index (χ3n) is 8.79.